The molecule has 178 valence electrons. The maximum absolute atomic E-state index is 13.4. The molecule has 1 saturated carbocycles. The van der Waals surface area contributed by atoms with Crippen LogP contribution < -0.4 is 15.2 Å². The summed E-state index contributed by atoms with van der Waals surface area (Å²) in [7, 11) is 0. The first kappa shape index (κ1) is 26.5. The number of likely N-dealkylation sites (tertiary alicyclic amines) is 1. The SMILES string of the molecule is Cl.Cl.NC1CCCN(Cc2cc(OC(F)(F)F)ccc2OC2CC2)C1c1ccc(F)cc1. The number of ether oxygens (including phenoxy) is 2. The van der Waals surface area contributed by atoms with E-state index in [1.54, 1.807) is 12.1 Å². The van der Waals surface area contributed by atoms with Crippen molar-refractivity contribution in [3.05, 3.63) is 59.4 Å². The van der Waals surface area contributed by atoms with Gasteiger partial charge in [0.05, 0.1) is 12.1 Å². The average Bonchev–Trinajstić information content (AvgIpc) is 3.48. The highest BCUT2D eigenvalue weighted by Crippen LogP contribution is 2.37. The molecule has 0 aromatic heterocycles. The Balaban J connectivity index is 0.00000181. The smallest absolute Gasteiger partial charge is 0.490 e. The lowest BCUT2D eigenvalue weighted by Crippen LogP contribution is -2.45. The zero-order valence-electron chi connectivity index (χ0n) is 17.2. The highest BCUT2D eigenvalue weighted by molar-refractivity contribution is 5.85. The van der Waals surface area contributed by atoms with E-state index in [-0.39, 0.29) is 54.6 Å². The van der Waals surface area contributed by atoms with Crippen LogP contribution in [0.15, 0.2) is 42.5 Å². The summed E-state index contributed by atoms with van der Waals surface area (Å²) >= 11 is 0. The summed E-state index contributed by atoms with van der Waals surface area (Å²) in [4.78, 5) is 2.12. The summed E-state index contributed by atoms with van der Waals surface area (Å²) < 4.78 is 61.5. The summed E-state index contributed by atoms with van der Waals surface area (Å²) in [6.07, 6.45) is -1.09. The van der Waals surface area contributed by atoms with Crippen molar-refractivity contribution in [1.29, 1.82) is 0 Å². The number of hydrogen-bond donors (Lipinski definition) is 1. The van der Waals surface area contributed by atoms with Gasteiger partial charge in [-0.2, -0.15) is 0 Å². The van der Waals surface area contributed by atoms with Crippen molar-refractivity contribution in [2.75, 3.05) is 6.54 Å². The van der Waals surface area contributed by atoms with E-state index in [0.29, 0.717) is 17.9 Å². The number of halogens is 6. The largest absolute Gasteiger partial charge is 0.573 e. The van der Waals surface area contributed by atoms with Gasteiger partial charge < -0.3 is 15.2 Å². The molecule has 1 heterocycles. The van der Waals surface area contributed by atoms with Crippen molar-refractivity contribution in [2.45, 2.75) is 56.8 Å². The van der Waals surface area contributed by atoms with E-state index in [9.17, 15) is 17.6 Å². The van der Waals surface area contributed by atoms with Gasteiger partial charge in [0.1, 0.15) is 17.3 Å². The summed E-state index contributed by atoms with van der Waals surface area (Å²) in [6.45, 7) is 1.08. The summed E-state index contributed by atoms with van der Waals surface area (Å²) in [5.41, 5.74) is 7.90. The summed E-state index contributed by atoms with van der Waals surface area (Å²) in [6, 6.07) is 10.1. The zero-order chi connectivity index (χ0) is 21.3. The molecule has 2 unspecified atom stereocenters. The summed E-state index contributed by atoms with van der Waals surface area (Å²) in [5.74, 6) is -0.0453. The van der Waals surface area contributed by atoms with Gasteiger partial charge in [0.25, 0.3) is 0 Å². The second kappa shape index (κ2) is 10.9. The molecule has 2 atom stereocenters. The monoisotopic (exact) mass is 496 g/mol. The Hall–Kier alpha value is -1.74. The van der Waals surface area contributed by atoms with Crippen LogP contribution in [0, 0.1) is 5.82 Å². The van der Waals surface area contributed by atoms with Crippen molar-refractivity contribution < 1.29 is 27.0 Å². The molecule has 10 heteroatoms. The lowest BCUT2D eigenvalue weighted by Gasteiger charge is -2.40. The normalized spacial score (nSPS) is 21.3. The molecule has 1 aliphatic heterocycles. The molecule has 0 radical (unpaired) electrons. The van der Waals surface area contributed by atoms with Crippen LogP contribution in [0.3, 0.4) is 0 Å². The average molecular weight is 497 g/mol. The molecule has 0 spiro atoms. The molecule has 0 bridgehead atoms. The van der Waals surface area contributed by atoms with E-state index in [1.165, 1.54) is 30.3 Å². The molecule has 4 nitrogen and oxygen atoms in total. The number of benzene rings is 2. The first-order valence-electron chi connectivity index (χ1n) is 10.1. The first-order valence-corrected chi connectivity index (χ1v) is 10.1. The van der Waals surface area contributed by atoms with Crippen molar-refractivity contribution in [3.8, 4) is 11.5 Å². The third kappa shape index (κ3) is 6.88. The number of rotatable bonds is 6. The predicted octanol–water partition coefficient (Wildman–Crippen LogP) is 5.77. The second-order valence-corrected chi connectivity index (χ2v) is 7.91. The molecule has 1 aliphatic carbocycles. The maximum atomic E-state index is 13.4. The van der Waals surface area contributed by atoms with E-state index in [1.807, 2.05) is 0 Å². The van der Waals surface area contributed by atoms with Crippen LogP contribution in [0.5, 0.6) is 11.5 Å². The minimum Gasteiger partial charge on any atom is -0.490 e. The standard InChI is InChI=1S/C22H24F4N2O2.2ClH/c23-16-5-3-14(4-6-16)21-19(27)2-1-11-28(21)13-15-12-18(30-22(24,25)26)9-10-20(15)29-17-7-8-17;;/h3-6,9-10,12,17,19,21H,1-2,7-8,11,13,27H2;2*1H. The molecule has 4 rings (SSSR count). The Bertz CT molecular complexity index is 879. The van der Waals surface area contributed by atoms with Crippen molar-refractivity contribution >= 4 is 24.8 Å². The number of hydrogen-bond acceptors (Lipinski definition) is 4. The number of alkyl halides is 3. The van der Waals surface area contributed by atoms with E-state index in [2.05, 4.69) is 9.64 Å². The minimum absolute atomic E-state index is 0. The molecule has 1 saturated heterocycles. The fraction of sp³-hybridized carbons (Fsp3) is 0.455. The van der Waals surface area contributed by atoms with E-state index in [0.717, 1.165) is 37.8 Å². The van der Waals surface area contributed by atoms with Gasteiger partial charge in [0.2, 0.25) is 0 Å². The Labute approximate surface area is 196 Å². The Kier molecular flexibility index (Phi) is 9.05. The van der Waals surface area contributed by atoms with Gasteiger partial charge in [-0.05, 0) is 68.1 Å². The predicted molar refractivity (Wildman–Crippen MR) is 118 cm³/mol. The quantitative estimate of drug-likeness (QED) is 0.515. The van der Waals surface area contributed by atoms with E-state index >= 15 is 0 Å². The summed E-state index contributed by atoms with van der Waals surface area (Å²) in [5, 5.41) is 0. The Morgan fingerprint density at radius 2 is 1.69 bits per heavy atom. The van der Waals surface area contributed by atoms with Gasteiger partial charge in [-0.15, -0.1) is 38.0 Å². The highest BCUT2D eigenvalue weighted by Gasteiger charge is 2.34. The Morgan fingerprint density at radius 3 is 2.31 bits per heavy atom. The molecule has 2 N–H and O–H groups in total. The molecule has 2 aliphatic rings. The van der Waals surface area contributed by atoms with Gasteiger partial charge in [0, 0.05) is 18.2 Å². The van der Waals surface area contributed by atoms with E-state index in [4.69, 9.17) is 10.5 Å². The molecule has 32 heavy (non-hydrogen) atoms. The zero-order valence-corrected chi connectivity index (χ0v) is 18.8. The van der Waals surface area contributed by atoms with Crippen LogP contribution in [0.2, 0.25) is 0 Å². The van der Waals surface area contributed by atoms with Gasteiger partial charge in [-0.25, -0.2) is 4.39 Å². The van der Waals surface area contributed by atoms with Gasteiger partial charge in [-0.3, -0.25) is 4.90 Å². The maximum Gasteiger partial charge on any atom is 0.573 e. The van der Waals surface area contributed by atoms with Crippen LogP contribution >= 0.6 is 24.8 Å². The van der Waals surface area contributed by atoms with Crippen LogP contribution in [0.1, 0.15) is 42.9 Å². The topological polar surface area (TPSA) is 47.7 Å². The third-order valence-electron chi connectivity index (χ3n) is 5.45. The molecule has 2 fully saturated rings. The number of nitrogens with two attached hydrogens (primary N) is 1. The lowest BCUT2D eigenvalue weighted by molar-refractivity contribution is -0.274. The van der Waals surface area contributed by atoms with Gasteiger partial charge >= 0.3 is 6.36 Å². The molecule has 0 amide bonds. The van der Waals surface area contributed by atoms with Crippen molar-refractivity contribution in [2.24, 2.45) is 5.73 Å². The molecule has 2 aromatic rings. The minimum atomic E-state index is -4.76. The molecular weight excluding hydrogens is 471 g/mol. The lowest BCUT2D eigenvalue weighted by atomic mass is 9.90. The molecule has 2 aromatic carbocycles. The van der Waals surface area contributed by atoms with Gasteiger partial charge in [-0.1, -0.05) is 12.1 Å². The Morgan fingerprint density at radius 1 is 1.00 bits per heavy atom. The van der Waals surface area contributed by atoms with E-state index < -0.39 is 6.36 Å². The van der Waals surface area contributed by atoms with Gasteiger partial charge in [0.15, 0.2) is 0 Å². The van der Waals surface area contributed by atoms with Crippen LogP contribution in [0.4, 0.5) is 17.6 Å². The first-order chi connectivity index (χ1) is 14.3. The number of nitrogens with zero attached hydrogens (tertiary/aromatic N) is 1. The fourth-order valence-corrected chi connectivity index (χ4v) is 3.97. The second-order valence-electron chi connectivity index (χ2n) is 7.91. The highest BCUT2D eigenvalue weighted by atomic mass is 35.5. The third-order valence-corrected chi connectivity index (χ3v) is 5.45. The van der Waals surface area contributed by atoms with Crippen LogP contribution in [0.25, 0.3) is 0 Å². The van der Waals surface area contributed by atoms with Crippen molar-refractivity contribution in [1.82, 2.24) is 4.90 Å². The van der Waals surface area contributed by atoms with Crippen LogP contribution in [-0.4, -0.2) is 30.0 Å². The van der Waals surface area contributed by atoms with Crippen molar-refractivity contribution in [3.63, 3.8) is 0 Å². The number of piperidine rings is 1. The molecular formula is C22H26Cl2F4N2O2. The fourth-order valence-electron chi connectivity index (χ4n) is 3.97. The van der Waals surface area contributed by atoms with Crippen LogP contribution in [-0.2, 0) is 6.54 Å².